The summed E-state index contributed by atoms with van der Waals surface area (Å²) in [5, 5.41) is 25.7. The zero-order valence-electron chi connectivity index (χ0n) is 10.6. The number of thiazole rings is 1. The third-order valence-electron chi connectivity index (χ3n) is 3.55. The lowest BCUT2D eigenvalue weighted by molar-refractivity contribution is -0.389. The van der Waals surface area contributed by atoms with Gasteiger partial charge in [0.1, 0.15) is 6.20 Å². The van der Waals surface area contributed by atoms with E-state index in [0.717, 1.165) is 0 Å². The maximum atomic E-state index is 11.3. The van der Waals surface area contributed by atoms with Crippen LogP contribution in [0.3, 0.4) is 0 Å². The Labute approximate surface area is 118 Å². The van der Waals surface area contributed by atoms with E-state index >= 15 is 0 Å². The Morgan fingerprint density at radius 3 is 3.00 bits per heavy atom. The van der Waals surface area contributed by atoms with Gasteiger partial charge in [0.15, 0.2) is 0 Å². The average molecular weight is 298 g/mol. The number of imidazole rings is 1. The van der Waals surface area contributed by atoms with E-state index in [2.05, 4.69) is 10.3 Å². The lowest BCUT2D eigenvalue weighted by Gasteiger charge is -2.36. The van der Waals surface area contributed by atoms with Gasteiger partial charge in [0.05, 0.1) is 12.1 Å². The number of nitrogens with zero attached hydrogens (tertiary/aromatic N) is 3. The van der Waals surface area contributed by atoms with Crippen molar-refractivity contribution in [3.8, 4) is 0 Å². The first kappa shape index (κ1) is 13.3. The molecule has 2 N–H and O–H groups in total. The first-order chi connectivity index (χ1) is 9.65. The Balaban J connectivity index is 1.98. The summed E-state index contributed by atoms with van der Waals surface area (Å²) in [6, 6.07) is 0. The molecule has 0 atom stereocenters. The summed E-state index contributed by atoms with van der Waals surface area (Å²) in [6.45, 7) is 0.922. The first-order valence-corrected chi connectivity index (χ1v) is 7.10. The zero-order valence-corrected chi connectivity index (χ0v) is 11.4. The average Bonchev–Trinajstić information content (AvgIpc) is 2.99. The molecule has 0 bridgehead atoms. The van der Waals surface area contributed by atoms with Gasteiger partial charge in [-0.05, 0) is 17.8 Å². The number of nitro groups is 1. The first-order valence-electron chi connectivity index (χ1n) is 6.22. The molecule has 1 aliphatic rings. The van der Waals surface area contributed by atoms with Crippen molar-refractivity contribution >= 4 is 27.9 Å². The highest BCUT2D eigenvalue weighted by atomic mass is 32.1. The minimum atomic E-state index is -0.604. The molecule has 1 aliphatic heterocycles. The van der Waals surface area contributed by atoms with E-state index in [1.165, 1.54) is 15.7 Å². The molecule has 0 spiro atoms. The van der Waals surface area contributed by atoms with E-state index in [9.17, 15) is 15.2 Å². The van der Waals surface area contributed by atoms with Crippen LogP contribution in [0.4, 0.5) is 11.6 Å². The lowest BCUT2D eigenvalue weighted by Crippen LogP contribution is -2.47. The van der Waals surface area contributed by atoms with E-state index in [-0.39, 0.29) is 18.2 Å². The van der Waals surface area contributed by atoms with Crippen molar-refractivity contribution in [2.75, 3.05) is 25.1 Å². The number of ether oxygens (including phenoxy) is 1. The number of nitrogens with one attached hydrogen (secondary N) is 1. The Bertz CT molecular complexity index is 631. The van der Waals surface area contributed by atoms with Gasteiger partial charge >= 0.3 is 5.82 Å². The molecule has 1 fully saturated rings. The van der Waals surface area contributed by atoms with Gasteiger partial charge in [-0.3, -0.25) is 0 Å². The lowest BCUT2D eigenvalue weighted by atomic mass is 9.91. The fraction of sp³-hybridized carbons (Fsp3) is 0.545. The Morgan fingerprint density at radius 2 is 2.35 bits per heavy atom. The van der Waals surface area contributed by atoms with Crippen LogP contribution in [0.2, 0.25) is 0 Å². The van der Waals surface area contributed by atoms with Crippen molar-refractivity contribution in [1.82, 2.24) is 9.38 Å². The number of fused-ring (bicyclic) bond motifs is 1. The maximum Gasteiger partial charge on any atom is 0.372 e. The van der Waals surface area contributed by atoms with Crippen molar-refractivity contribution in [3.63, 3.8) is 0 Å². The molecular weight excluding hydrogens is 284 g/mol. The van der Waals surface area contributed by atoms with Gasteiger partial charge < -0.3 is 25.3 Å². The summed E-state index contributed by atoms with van der Waals surface area (Å²) in [4.78, 5) is 15.6. The number of rotatable bonds is 4. The molecule has 2 aromatic rings. The van der Waals surface area contributed by atoms with Crippen molar-refractivity contribution in [2.24, 2.45) is 0 Å². The van der Waals surface area contributed by atoms with Crippen LogP contribution in [0, 0.1) is 10.1 Å². The Morgan fingerprint density at radius 1 is 1.60 bits per heavy atom. The highest BCUT2D eigenvalue weighted by Gasteiger charge is 2.36. The largest absolute Gasteiger partial charge is 0.394 e. The van der Waals surface area contributed by atoms with E-state index in [1.807, 2.05) is 0 Å². The normalized spacial score (nSPS) is 18.2. The van der Waals surface area contributed by atoms with E-state index < -0.39 is 10.5 Å². The molecule has 0 aromatic carbocycles. The molecule has 1 saturated heterocycles. The van der Waals surface area contributed by atoms with Crippen LogP contribution in [-0.4, -0.2) is 44.8 Å². The number of aliphatic hydroxyl groups excluding tert-OH is 1. The predicted octanol–water partition coefficient (Wildman–Crippen LogP) is 1.26. The van der Waals surface area contributed by atoms with Gasteiger partial charge in [0.2, 0.25) is 5.82 Å². The van der Waals surface area contributed by atoms with Crippen LogP contribution in [-0.2, 0) is 4.74 Å². The molecule has 3 rings (SSSR count). The van der Waals surface area contributed by atoms with Crippen LogP contribution in [0.5, 0.6) is 0 Å². The Kier molecular flexibility index (Phi) is 3.32. The van der Waals surface area contributed by atoms with Crippen molar-refractivity contribution in [1.29, 1.82) is 0 Å². The van der Waals surface area contributed by atoms with Crippen LogP contribution in [0.25, 0.3) is 4.96 Å². The van der Waals surface area contributed by atoms with Gasteiger partial charge in [-0.15, -0.1) is 0 Å². The van der Waals surface area contributed by atoms with Crippen molar-refractivity contribution in [2.45, 2.75) is 18.4 Å². The number of aliphatic hydroxyl groups is 1. The summed E-state index contributed by atoms with van der Waals surface area (Å²) in [6.07, 6.45) is 2.80. The molecule has 20 heavy (non-hydrogen) atoms. The summed E-state index contributed by atoms with van der Waals surface area (Å²) in [5.41, 5.74) is -0.604. The molecule has 8 nitrogen and oxygen atoms in total. The Hall–Kier alpha value is -1.71. The second kappa shape index (κ2) is 5.00. The van der Waals surface area contributed by atoms with Crippen LogP contribution in [0.15, 0.2) is 11.6 Å². The van der Waals surface area contributed by atoms with Gasteiger partial charge in [-0.25, -0.2) is 0 Å². The quantitative estimate of drug-likeness (QED) is 0.651. The minimum absolute atomic E-state index is 0.0967. The summed E-state index contributed by atoms with van der Waals surface area (Å²) >= 11 is 1.33. The zero-order chi connectivity index (χ0) is 14.2. The molecular formula is C11H14N4O4S. The molecule has 108 valence electrons. The monoisotopic (exact) mass is 298 g/mol. The molecule has 0 aliphatic carbocycles. The predicted molar refractivity (Wildman–Crippen MR) is 73.2 cm³/mol. The fourth-order valence-corrected chi connectivity index (χ4v) is 3.08. The topological polar surface area (TPSA) is 102 Å². The minimum Gasteiger partial charge on any atom is -0.394 e. The van der Waals surface area contributed by atoms with Gasteiger partial charge in [0.25, 0.3) is 4.96 Å². The fourth-order valence-electron chi connectivity index (χ4n) is 2.37. The van der Waals surface area contributed by atoms with E-state index in [1.54, 1.807) is 11.6 Å². The second-order valence-corrected chi connectivity index (χ2v) is 5.65. The van der Waals surface area contributed by atoms with E-state index in [0.29, 0.717) is 31.0 Å². The van der Waals surface area contributed by atoms with Crippen molar-refractivity contribution < 1.29 is 14.8 Å². The van der Waals surface area contributed by atoms with Crippen molar-refractivity contribution in [3.05, 3.63) is 21.7 Å². The summed E-state index contributed by atoms with van der Waals surface area (Å²) in [7, 11) is 0. The molecule has 2 aromatic heterocycles. The standard InChI is InChI=1S/C11H14N4O4S/c16-7-11(1-4-19-5-2-11)13-8-9(15(17)18)14-3-6-20-10(14)12-8/h3,6,13,16H,1-2,4-5,7H2. The van der Waals surface area contributed by atoms with Crippen LogP contribution < -0.4 is 5.32 Å². The highest BCUT2D eigenvalue weighted by Crippen LogP contribution is 2.33. The third kappa shape index (κ3) is 2.13. The maximum absolute atomic E-state index is 11.3. The molecule has 0 amide bonds. The van der Waals surface area contributed by atoms with Gasteiger partial charge in [-0.1, -0.05) is 11.3 Å². The molecule has 9 heteroatoms. The number of hydrogen-bond donors (Lipinski definition) is 2. The van der Waals surface area contributed by atoms with Gasteiger partial charge in [0, 0.05) is 18.6 Å². The third-order valence-corrected chi connectivity index (χ3v) is 4.30. The molecule has 0 saturated carbocycles. The van der Waals surface area contributed by atoms with Gasteiger partial charge in [-0.2, -0.15) is 9.38 Å². The number of hydrogen-bond acceptors (Lipinski definition) is 7. The second-order valence-electron chi connectivity index (χ2n) is 4.77. The molecule has 0 unspecified atom stereocenters. The number of aromatic nitrogens is 2. The highest BCUT2D eigenvalue weighted by molar-refractivity contribution is 7.15. The smallest absolute Gasteiger partial charge is 0.372 e. The van der Waals surface area contributed by atoms with Crippen LogP contribution in [0.1, 0.15) is 12.8 Å². The molecule has 0 radical (unpaired) electrons. The van der Waals surface area contributed by atoms with Crippen LogP contribution >= 0.6 is 11.3 Å². The summed E-state index contributed by atoms with van der Waals surface area (Å²) in [5.74, 6) is 0.110. The SMILES string of the molecule is O=[N+]([O-])c1c(NC2(CO)CCOCC2)nc2sccn12. The molecule has 3 heterocycles. The van der Waals surface area contributed by atoms with E-state index in [4.69, 9.17) is 4.74 Å². The summed E-state index contributed by atoms with van der Waals surface area (Å²) < 4.78 is 6.72. The number of anilines is 1.